The zero-order valence-electron chi connectivity index (χ0n) is 7.19. The Hall–Kier alpha value is -1.28. The quantitative estimate of drug-likeness (QED) is 0.469. The maximum atomic E-state index is 10.5. The molecule has 0 radical (unpaired) electrons. The lowest BCUT2D eigenvalue weighted by atomic mass is 10.3. The van der Waals surface area contributed by atoms with Crippen LogP contribution in [-0.2, 0) is 14.2 Å². The zero-order valence-corrected chi connectivity index (χ0v) is 7.19. The number of ether oxygens (including phenoxy) is 3. The lowest BCUT2D eigenvalue weighted by Gasteiger charge is -2.05. The van der Waals surface area contributed by atoms with E-state index in [-0.39, 0.29) is 6.10 Å². The first-order valence-corrected chi connectivity index (χ1v) is 4.11. The highest BCUT2D eigenvalue weighted by atomic mass is 16.8. The van der Waals surface area contributed by atoms with E-state index in [9.17, 15) is 4.79 Å². The number of nitrogens with zero attached hydrogens (tertiary/aromatic N) is 1. The SMILES string of the molecule is N#CCCOCCC1COC(=O)O1. The summed E-state index contributed by atoms with van der Waals surface area (Å²) in [5.41, 5.74) is 0. The molecule has 0 N–H and O–H groups in total. The average molecular weight is 185 g/mol. The molecule has 1 rings (SSSR count). The minimum absolute atomic E-state index is 0.186. The van der Waals surface area contributed by atoms with Gasteiger partial charge in [0.1, 0.15) is 12.7 Å². The van der Waals surface area contributed by atoms with Crippen LogP contribution in [0.1, 0.15) is 12.8 Å². The Labute approximate surface area is 76.2 Å². The maximum Gasteiger partial charge on any atom is 0.508 e. The van der Waals surface area contributed by atoms with Gasteiger partial charge in [-0.05, 0) is 0 Å². The summed E-state index contributed by atoms with van der Waals surface area (Å²) in [5.74, 6) is 0. The van der Waals surface area contributed by atoms with Crippen LogP contribution >= 0.6 is 0 Å². The Kier molecular flexibility index (Phi) is 4.06. The van der Waals surface area contributed by atoms with Crippen molar-refractivity contribution in [3.05, 3.63) is 0 Å². The zero-order chi connectivity index (χ0) is 9.52. The van der Waals surface area contributed by atoms with E-state index < -0.39 is 6.16 Å². The normalized spacial score (nSPS) is 20.5. The predicted octanol–water partition coefficient (Wildman–Crippen LogP) is 0.842. The predicted molar refractivity (Wildman–Crippen MR) is 41.9 cm³/mol. The third-order valence-corrected chi connectivity index (χ3v) is 1.59. The molecule has 1 saturated heterocycles. The number of hydrogen-bond acceptors (Lipinski definition) is 5. The highest BCUT2D eigenvalue weighted by Crippen LogP contribution is 2.09. The summed E-state index contributed by atoms with van der Waals surface area (Å²) in [7, 11) is 0. The second kappa shape index (κ2) is 5.38. The maximum absolute atomic E-state index is 10.5. The first-order chi connectivity index (χ1) is 6.33. The van der Waals surface area contributed by atoms with Gasteiger partial charge in [-0.2, -0.15) is 5.26 Å². The highest BCUT2D eigenvalue weighted by Gasteiger charge is 2.24. The Morgan fingerprint density at radius 3 is 3.08 bits per heavy atom. The average Bonchev–Trinajstić information content (AvgIpc) is 2.51. The molecule has 1 aliphatic rings. The fourth-order valence-electron chi connectivity index (χ4n) is 0.942. The van der Waals surface area contributed by atoms with Crippen molar-refractivity contribution in [2.24, 2.45) is 0 Å². The van der Waals surface area contributed by atoms with Crippen LogP contribution in [0.25, 0.3) is 0 Å². The van der Waals surface area contributed by atoms with Gasteiger partial charge in [-0.25, -0.2) is 4.79 Å². The van der Waals surface area contributed by atoms with Crippen LogP contribution in [0.15, 0.2) is 0 Å². The summed E-state index contributed by atoms with van der Waals surface area (Å²) in [4.78, 5) is 10.5. The van der Waals surface area contributed by atoms with Crippen molar-refractivity contribution in [3.63, 3.8) is 0 Å². The van der Waals surface area contributed by atoms with E-state index in [1.54, 1.807) is 0 Å². The highest BCUT2D eigenvalue weighted by molar-refractivity contribution is 5.61. The molecule has 5 heteroatoms. The van der Waals surface area contributed by atoms with Gasteiger partial charge in [0.2, 0.25) is 0 Å². The van der Waals surface area contributed by atoms with Crippen molar-refractivity contribution in [1.29, 1.82) is 5.26 Å². The van der Waals surface area contributed by atoms with E-state index in [1.807, 2.05) is 6.07 Å². The van der Waals surface area contributed by atoms with Gasteiger partial charge in [0.05, 0.1) is 25.7 Å². The molecule has 0 aliphatic carbocycles. The van der Waals surface area contributed by atoms with Gasteiger partial charge >= 0.3 is 6.16 Å². The van der Waals surface area contributed by atoms with Crippen LogP contribution in [0.3, 0.4) is 0 Å². The van der Waals surface area contributed by atoms with Crippen LogP contribution in [0.4, 0.5) is 4.79 Å². The molecule has 0 amide bonds. The molecular weight excluding hydrogens is 174 g/mol. The first-order valence-electron chi connectivity index (χ1n) is 4.11. The molecule has 0 aromatic heterocycles. The van der Waals surface area contributed by atoms with Crippen molar-refractivity contribution in [3.8, 4) is 6.07 Å². The molecule has 0 aromatic carbocycles. The molecule has 0 bridgehead atoms. The summed E-state index contributed by atoms with van der Waals surface area (Å²) in [6.45, 7) is 1.22. The van der Waals surface area contributed by atoms with Gasteiger partial charge in [0.15, 0.2) is 0 Å². The van der Waals surface area contributed by atoms with Gasteiger partial charge in [-0.3, -0.25) is 0 Å². The molecule has 1 atom stereocenters. The van der Waals surface area contributed by atoms with Crippen LogP contribution in [-0.4, -0.2) is 32.1 Å². The number of carbonyl (C=O) groups excluding carboxylic acids is 1. The number of carbonyl (C=O) groups is 1. The third kappa shape index (κ3) is 3.76. The molecule has 1 aliphatic heterocycles. The lowest BCUT2D eigenvalue weighted by Crippen LogP contribution is -2.13. The first kappa shape index (κ1) is 9.81. The van der Waals surface area contributed by atoms with E-state index in [0.29, 0.717) is 32.7 Å². The summed E-state index contributed by atoms with van der Waals surface area (Å²) >= 11 is 0. The van der Waals surface area contributed by atoms with Gasteiger partial charge < -0.3 is 14.2 Å². The van der Waals surface area contributed by atoms with Crippen LogP contribution in [0.2, 0.25) is 0 Å². The monoisotopic (exact) mass is 185 g/mol. The van der Waals surface area contributed by atoms with Gasteiger partial charge in [0.25, 0.3) is 0 Å². The van der Waals surface area contributed by atoms with Crippen molar-refractivity contribution in [2.75, 3.05) is 19.8 Å². The van der Waals surface area contributed by atoms with E-state index in [1.165, 1.54) is 0 Å². The van der Waals surface area contributed by atoms with Crippen LogP contribution in [0, 0.1) is 11.3 Å². The topological polar surface area (TPSA) is 68.5 Å². The van der Waals surface area contributed by atoms with Crippen molar-refractivity contribution >= 4 is 6.16 Å². The van der Waals surface area contributed by atoms with Gasteiger partial charge in [-0.1, -0.05) is 0 Å². The van der Waals surface area contributed by atoms with Crippen LogP contribution in [0.5, 0.6) is 0 Å². The molecular formula is C8H11NO4. The second-order valence-electron chi connectivity index (χ2n) is 2.61. The van der Waals surface area contributed by atoms with Gasteiger partial charge in [-0.15, -0.1) is 0 Å². The molecule has 1 heterocycles. The second-order valence-corrected chi connectivity index (χ2v) is 2.61. The fraction of sp³-hybridized carbons (Fsp3) is 0.750. The summed E-state index contributed by atoms with van der Waals surface area (Å²) in [6, 6.07) is 1.97. The van der Waals surface area contributed by atoms with Crippen molar-refractivity contribution in [2.45, 2.75) is 18.9 Å². The molecule has 13 heavy (non-hydrogen) atoms. The van der Waals surface area contributed by atoms with Crippen molar-refractivity contribution in [1.82, 2.24) is 0 Å². The molecule has 5 nitrogen and oxygen atoms in total. The van der Waals surface area contributed by atoms with Crippen molar-refractivity contribution < 1.29 is 19.0 Å². The fourth-order valence-corrected chi connectivity index (χ4v) is 0.942. The lowest BCUT2D eigenvalue weighted by molar-refractivity contribution is 0.0855. The number of nitriles is 1. The molecule has 0 aromatic rings. The Morgan fingerprint density at radius 1 is 1.62 bits per heavy atom. The minimum Gasteiger partial charge on any atom is -0.430 e. The third-order valence-electron chi connectivity index (χ3n) is 1.59. The summed E-state index contributed by atoms with van der Waals surface area (Å²) in [5, 5.41) is 8.19. The minimum atomic E-state index is -0.609. The number of rotatable bonds is 5. The number of hydrogen-bond donors (Lipinski definition) is 0. The molecule has 0 saturated carbocycles. The van der Waals surface area contributed by atoms with E-state index in [4.69, 9.17) is 14.7 Å². The molecule has 0 spiro atoms. The van der Waals surface area contributed by atoms with E-state index in [2.05, 4.69) is 4.74 Å². The Bertz CT molecular complexity index is 211. The Morgan fingerprint density at radius 2 is 2.46 bits per heavy atom. The van der Waals surface area contributed by atoms with E-state index in [0.717, 1.165) is 0 Å². The molecule has 1 unspecified atom stereocenters. The standard InChI is InChI=1S/C8H11NO4/c9-3-1-4-11-5-2-7-6-12-8(10)13-7/h7H,1-2,4-6H2. The van der Waals surface area contributed by atoms with E-state index >= 15 is 0 Å². The number of cyclic esters (lactones) is 2. The van der Waals surface area contributed by atoms with Gasteiger partial charge in [0, 0.05) is 6.42 Å². The smallest absolute Gasteiger partial charge is 0.430 e. The Balaban J connectivity index is 1.95. The van der Waals surface area contributed by atoms with Crippen LogP contribution < -0.4 is 0 Å². The molecule has 72 valence electrons. The summed E-state index contributed by atoms with van der Waals surface area (Å²) in [6.07, 6.45) is 0.217. The molecule has 1 fully saturated rings. The largest absolute Gasteiger partial charge is 0.508 e. The summed E-state index contributed by atoms with van der Waals surface area (Å²) < 4.78 is 14.4.